The molecule has 1 fully saturated rings. The van der Waals surface area contributed by atoms with E-state index in [9.17, 15) is 17.6 Å². The molecule has 2 unspecified atom stereocenters. The van der Waals surface area contributed by atoms with Gasteiger partial charge in [0.25, 0.3) is 0 Å². The van der Waals surface area contributed by atoms with Crippen LogP contribution in [0.25, 0.3) is 0 Å². The highest BCUT2D eigenvalue weighted by molar-refractivity contribution is 4.77. The summed E-state index contributed by atoms with van der Waals surface area (Å²) in [5.74, 6) is -4.03. The lowest BCUT2D eigenvalue weighted by molar-refractivity contribution is -0.178. The SMILES string of the molecule is CC1CC(OCC(F)(F)C(F)F)CCN1. The molecule has 0 aromatic rings. The Labute approximate surface area is 86.0 Å². The maximum Gasteiger partial charge on any atom is 0.330 e. The maximum atomic E-state index is 12.5. The van der Waals surface area contributed by atoms with Gasteiger partial charge >= 0.3 is 12.3 Å². The third-order valence-corrected chi connectivity index (χ3v) is 2.41. The largest absolute Gasteiger partial charge is 0.372 e. The lowest BCUT2D eigenvalue weighted by atomic mass is 10.0. The zero-order valence-corrected chi connectivity index (χ0v) is 8.48. The fourth-order valence-electron chi connectivity index (χ4n) is 1.53. The third-order valence-electron chi connectivity index (χ3n) is 2.41. The quantitative estimate of drug-likeness (QED) is 0.745. The molecule has 1 rings (SSSR count). The first kappa shape index (κ1) is 12.7. The summed E-state index contributed by atoms with van der Waals surface area (Å²) in [7, 11) is 0. The molecule has 1 heterocycles. The van der Waals surface area contributed by atoms with E-state index in [1.165, 1.54) is 0 Å². The van der Waals surface area contributed by atoms with Crippen LogP contribution in [0.3, 0.4) is 0 Å². The maximum absolute atomic E-state index is 12.5. The average molecular weight is 229 g/mol. The zero-order valence-electron chi connectivity index (χ0n) is 8.48. The zero-order chi connectivity index (χ0) is 11.5. The van der Waals surface area contributed by atoms with E-state index in [2.05, 4.69) is 5.32 Å². The van der Waals surface area contributed by atoms with Crippen molar-refractivity contribution in [2.24, 2.45) is 0 Å². The van der Waals surface area contributed by atoms with E-state index in [0.29, 0.717) is 19.4 Å². The molecule has 2 atom stereocenters. The molecule has 0 bridgehead atoms. The standard InChI is InChI=1S/C9H15F4NO/c1-6-4-7(2-3-14-6)15-5-9(12,13)8(10)11/h6-8,14H,2-5H2,1H3. The monoisotopic (exact) mass is 229 g/mol. The number of hydrogen-bond acceptors (Lipinski definition) is 2. The Morgan fingerprint density at radius 1 is 1.47 bits per heavy atom. The van der Waals surface area contributed by atoms with Gasteiger partial charge in [-0.2, -0.15) is 8.78 Å². The van der Waals surface area contributed by atoms with Crippen molar-refractivity contribution in [3.8, 4) is 0 Å². The predicted octanol–water partition coefficient (Wildman–Crippen LogP) is 2.04. The van der Waals surface area contributed by atoms with Gasteiger partial charge in [0.15, 0.2) is 0 Å². The Hall–Kier alpha value is -0.360. The Kier molecular flexibility index (Phi) is 4.33. The summed E-state index contributed by atoms with van der Waals surface area (Å²) < 4.78 is 53.4. The van der Waals surface area contributed by atoms with Crippen LogP contribution < -0.4 is 5.32 Å². The highest BCUT2D eigenvalue weighted by atomic mass is 19.3. The van der Waals surface area contributed by atoms with Gasteiger partial charge < -0.3 is 10.1 Å². The molecular formula is C9H15F4NO. The van der Waals surface area contributed by atoms with Crippen molar-refractivity contribution in [1.29, 1.82) is 0 Å². The summed E-state index contributed by atoms with van der Waals surface area (Å²) in [6.45, 7) is 1.38. The Morgan fingerprint density at radius 2 is 2.13 bits per heavy atom. The molecule has 0 spiro atoms. The van der Waals surface area contributed by atoms with Crippen LogP contribution in [0, 0.1) is 0 Å². The van der Waals surface area contributed by atoms with Gasteiger partial charge in [-0.3, -0.25) is 0 Å². The topological polar surface area (TPSA) is 21.3 Å². The highest BCUT2D eigenvalue weighted by Crippen LogP contribution is 2.24. The first-order valence-corrected chi connectivity index (χ1v) is 4.93. The minimum Gasteiger partial charge on any atom is -0.372 e. The third kappa shape index (κ3) is 3.95. The Balaban J connectivity index is 2.30. The second-order valence-electron chi connectivity index (χ2n) is 3.87. The second kappa shape index (κ2) is 5.12. The summed E-state index contributed by atoms with van der Waals surface area (Å²) in [5.41, 5.74) is 0. The van der Waals surface area contributed by atoms with E-state index in [0.717, 1.165) is 0 Å². The van der Waals surface area contributed by atoms with Gasteiger partial charge in [-0.15, -0.1) is 0 Å². The van der Waals surface area contributed by atoms with Gasteiger partial charge in [-0.05, 0) is 26.3 Å². The van der Waals surface area contributed by atoms with Crippen LogP contribution in [0.4, 0.5) is 17.6 Å². The molecular weight excluding hydrogens is 214 g/mol. The average Bonchev–Trinajstić information content (AvgIpc) is 2.15. The number of halogens is 4. The van der Waals surface area contributed by atoms with E-state index >= 15 is 0 Å². The van der Waals surface area contributed by atoms with Gasteiger partial charge in [0.05, 0.1) is 6.10 Å². The minimum atomic E-state index is -4.03. The molecule has 1 aliphatic heterocycles. The molecule has 0 aromatic heterocycles. The Bertz CT molecular complexity index is 201. The number of piperidine rings is 1. The minimum absolute atomic E-state index is 0.184. The number of rotatable bonds is 4. The number of ether oxygens (including phenoxy) is 1. The summed E-state index contributed by atoms with van der Waals surface area (Å²) >= 11 is 0. The first-order valence-electron chi connectivity index (χ1n) is 4.93. The molecule has 0 aromatic carbocycles. The predicted molar refractivity (Wildman–Crippen MR) is 47.4 cm³/mol. The molecule has 0 saturated carbocycles. The van der Waals surface area contributed by atoms with Crippen LogP contribution in [0.5, 0.6) is 0 Å². The van der Waals surface area contributed by atoms with Crippen LogP contribution in [0.15, 0.2) is 0 Å². The number of alkyl halides is 4. The van der Waals surface area contributed by atoms with Crippen LogP contribution in [0.1, 0.15) is 19.8 Å². The van der Waals surface area contributed by atoms with Crippen molar-refractivity contribution in [2.75, 3.05) is 13.2 Å². The summed E-state index contributed by atoms with van der Waals surface area (Å²) in [5, 5.41) is 3.12. The first-order chi connectivity index (χ1) is 6.92. The van der Waals surface area contributed by atoms with Gasteiger partial charge in [0.2, 0.25) is 0 Å². The van der Waals surface area contributed by atoms with Crippen molar-refractivity contribution in [1.82, 2.24) is 5.32 Å². The van der Waals surface area contributed by atoms with E-state index in [-0.39, 0.29) is 12.1 Å². The molecule has 0 amide bonds. The van der Waals surface area contributed by atoms with E-state index in [1.807, 2.05) is 6.92 Å². The van der Waals surface area contributed by atoms with Gasteiger partial charge in [0, 0.05) is 6.04 Å². The van der Waals surface area contributed by atoms with Crippen LogP contribution in [-0.2, 0) is 4.74 Å². The molecule has 6 heteroatoms. The second-order valence-corrected chi connectivity index (χ2v) is 3.87. The Morgan fingerprint density at radius 3 is 2.67 bits per heavy atom. The van der Waals surface area contributed by atoms with E-state index in [1.54, 1.807) is 0 Å². The van der Waals surface area contributed by atoms with Gasteiger partial charge in [-0.1, -0.05) is 0 Å². The van der Waals surface area contributed by atoms with Crippen molar-refractivity contribution < 1.29 is 22.3 Å². The summed E-state index contributed by atoms with van der Waals surface area (Å²) in [4.78, 5) is 0. The fraction of sp³-hybridized carbons (Fsp3) is 1.00. The molecule has 0 radical (unpaired) electrons. The molecule has 2 nitrogen and oxygen atoms in total. The molecule has 90 valence electrons. The lowest BCUT2D eigenvalue weighted by Crippen LogP contribution is -2.42. The summed E-state index contributed by atoms with van der Waals surface area (Å²) in [6, 6.07) is 0.184. The number of nitrogens with one attached hydrogen (secondary N) is 1. The fourth-order valence-corrected chi connectivity index (χ4v) is 1.53. The summed E-state index contributed by atoms with van der Waals surface area (Å²) in [6.07, 6.45) is -2.83. The van der Waals surface area contributed by atoms with Crippen LogP contribution in [0.2, 0.25) is 0 Å². The van der Waals surface area contributed by atoms with Gasteiger partial charge in [-0.25, -0.2) is 8.78 Å². The lowest BCUT2D eigenvalue weighted by Gasteiger charge is -2.29. The normalized spacial score (nSPS) is 28.4. The van der Waals surface area contributed by atoms with Crippen molar-refractivity contribution in [2.45, 2.75) is 44.3 Å². The van der Waals surface area contributed by atoms with Crippen molar-refractivity contribution >= 4 is 0 Å². The van der Waals surface area contributed by atoms with Crippen LogP contribution in [-0.4, -0.2) is 37.6 Å². The molecule has 1 saturated heterocycles. The smallest absolute Gasteiger partial charge is 0.330 e. The van der Waals surface area contributed by atoms with E-state index < -0.39 is 19.0 Å². The van der Waals surface area contributed by atoms with Crippen LogP contribution >= 0.6 is 0 Å². The number of hydrogen-bond donors (Lipinski definition) is 1. The van der Waals surface area contributed by atoms with Gasteiger partial charge in [0.1, 0.15) is 6.61 Å². The molecule has 1 N–H and O–H groups in total. The van der Waals surface area contributed by atoms with Crippen molar-refractivity contribution in [3.63, 3.8) is 0 Å². The van der Waals surface area contributed by atoms with Crippen molar-refractivity contribution in [3.05, 3.63) is 0 Å². The highest BCUT2D eigenvalue weighted by Gasteiger charge is 2.41. The molecule has 15 heavy (non-hydrogen) atoms. The molecule has 0 aliphatic carbocycles. The molecule has 1 aliphatic rings. The van der Waals surface area contributed by atoms with E-state index in [4.69, 9.17) is 4.74 Å².